The second kappa shape index (κ2) is 7.89. The van der Waals surface area contributed by atoms with Gasteiger partial charge in [0.05, 0.1) is 24.4 Å². The molecule has 0 saturated heterocycles. The molecule has 27 heavy (non-hydrogen) atoms. The molecule has 0 spiro atoms. The monoisotopic (exact) mass is 373 g/mol. The number of rotatable bonds is 6. The Kier molecular flexibility index (Phi) is 5.75. The Morgan fingerprint density at radius 1 is 1.41 bits per heavy atom. The molecule has 0 radical (unpaired) electrons. The van der Waals surface area contributed by atoms with E-state index in [2.05, 4.69) is 37.1 Å². The molecule has 1 atom stereocenters. The van der Waals surface area contributed by atoms with Crippen LogP contribution in [0.3, 0.4) is 0 Å². The lowest BCUT2D eigenvalue weighted by atomic mass is 9.71. The van der Waals surface area contributed by atoms with Crippen LogP contribution in [0.5, 0.6) is 0 Å². The van der Waals surface area contributed by atoms with Crippen LogP contribution in [0.25, 0.3) is 11.0 Å². The summed E-state index contributed by atoms with van der Waals surface area (Å²) in [4.78, 5) is 20.6. The summed E-state index contributed by atoms with van der Waals surface area (Å²) in [6, 6.07) is 2.17. The number of esters is 1. The molecule has 2 heterocycles. The van der Waals surface area contributed by atoms with E-state index in [1.165, 1.54) is 5.56 Å². The quantitative estimate of drug-likeness (QED) is 0.592. The molecule has 1 aliphatic carbocycles. The van der Waals surface area contributed by atoms with E-state index in [-0.39, 0.29) is 11.4 Å². The summed E-state index contributed by atoms with van der Waals surface area (Å²) >= 11 is 0. The minimum absolute atomic E-state index is 0.283. The molecular formula is C21H31N3O3. The zero-order valence-corrected chi connectivity index (χ0v) is 17.1. The molecule has 0 saturated carbocycles. The molecule has 2 aromatic rings. The molecule has 0 fully saturated rings. The number of hydrogen-bond donors (Lipinski definition) is 2. The van der Waals surface area contributed by atoms with Gasteiger partial charge in [0.1, 0.15) is 5.52 Å². The fraction of sp³-hybridized carbons (Fsp3) is 0.619. The maximum atomic E-state index is 12.4. The van der Waals surface area contributed by atoms with Crippen LogP contribution in [-0.4, -0.2) is 42.8 Å². The Hall–Kier alpha value is -2.08. The number of nitrogens with one attached hydrogen (secondary N) is 2. The lowest BCUT2D eigenvalue weighted by Crippen LogP contribution is -2.27. The summed E-state index contributed by atoms with van der Waals surface area (Å²) in [6.07, 6.45) is 3.16. The normalized spacial score (nSPS) is 17.0. The Balaban J connectivity index is 2.01. The maximum absolute atomic E-state index is 12.4. The highest BCUT2D eigenvalue weighted by Gasteiger charge is 2.30. The zero-order chi connectivity index (χ0) is 19.6. The summed E-state index contributed by atoms with van der Waals surface area (Å²) in [5, 5.41) is 3.30. The van der Waals surface area contributed by atoms with Gasteiger partial charge >= 0.3 is 5.97 Å². The average molecular weight is 373 g/mol. The number of ether oxygens (including phenoxy) is 2. The summed E-state index contributed by atoms with van der Waals surface area (Å²) in [5.74, 6) is 0.281. The summed E-state index contributed by atoms with van der Waals surface area (Å²) in [6.45, 7) is 10.2. The van der Waals surface area contributed by atoms with E-state index in [0.717, 1.165) is 36.0 Å². The number of carbonyl (C=O) groups excluding carboxylic acids is 1. The molecule has 148 valence electrons. The minimum atomic E-state index is -0.360. The second-order valence-electron chi connectivity index (χ2n) is 8.31. The van der Waals surface area contributed by atoms with Crippen LogP contribution in [0.15, 0.2) is 6.07 Å². The Morgan fingerprint density at radius 2 is 2.19 bits per heavy atom. The third kappa shape index (κ3) is 4.10. The molecule has 2 N–H and O–H groups in total. The third-order valence-corrected chi connectivity index (χ3v) is 5.45. The summed E-state index contributed by atoms with van der Waals surface area (Å²) < 4.78 is 10.3. The van der Waals surface area contributed by atoms with Gasteiger partial charge in [0.2, 0.25) is 0 Å². The van der Waals surface area contributed by atoms with Crippen molar-refractivity contribution < 1.29 is 14.3 Å². The van der Waals surface area contributed by atoms with Gasteiger partial charge in [0.25, 0.3) is 0 Å². The van der Waals surface area contributed by atoms with Gasteiger partial charge in [0, 0.05) is 19.3 Å². The average Bonchev–Trinajstić information content (AvgIpc) is 2.97. The first-order valence-corrected chi connectivity index (χ1v) is 9.79. The number of pyridine rings is 1. The predicted octanol–water partition coefficient (Wildman–Crippen LogP) is 3.95. The summed E-state index contributed by atoms with van der Waals surface area (Å²) in [7, 11) is 1.66. The van der Waals surface area contributed by atoms with E-state index in [0.29, 0.717) is 37.1 Å². The molecule has 6 heteroatoms. The molecule has 1 unspecified atom stereocenters. The van der Waals surface area contributed by atoms with Gasteiger partial charge in [-0.3, -0.25) is 0 Å². The topological polar surface area (TPSA) is 76.2 Å². The number of H-pyrrole nitrogens is 1. The van der Waals surface area contributed by atoms with Crippen molar-refractivity contribution in [3.05, 3.63) is 23.0 Å². The third-order valence-electron chi connectivity index (χ3n) is 5.45. The molecule has 1 aliphatic rings. The number of methoxy groups -OCH3 is 1. The Morgan fingerprint density at radius 3 is 2.85 bits per heavy atom. The fourth-order valence-electron chi connectivity index (χ4n) is 3.81. The van der Waals surface area contributed by atoms with Gasteiger partial charge in [-0.05, 0) is 49.1 Å². The lowest BCUT2D eigenvalue weighted by molar-refractivity contribution is 0.0521. The van der Waals surface area contributed by atoms with E-state index in [4.69, 9.17) is 14.5 Å². The molecule has 0 bridgehead atoms. The van der Waals surface area contributed by atoms with Crippen molar-refractivity contribution in [1.82, 2.24) is 9.97 Å². The van der Waals surface area contributed by atoms with E-state index in [1.54, 1.807) is 7.11 Å². The lowest BCUT2D eigenvalue weighted by Gasteiger charge is -2.34. The Labute approximate surface area is 161 Å². The van der Waals surface area contributed by atoms with Crippen molar-refractivity contribution in [2.75, 3.05) is 32.2 Å². The predicted molar refractivity (Wildman–Crippen MR) is 107 cm³/mol. The number of nitrogens with zero attached hydrogens (tertiary/aromatic N) is 1. The van der Waals surface area contributed by atoms with Crippen molar-refractivity contribution in [2.45, 2.75) is 47.0 Å². The zero-order valence-electron chi connectivity index (χ0n) is 17.1. The van der Waals surface area contributed by atoms with Crippen molar-refractivity contribution in [1.29, 1.82) is 0 Å². The highest BCUT2D eigenvalue weighted by molar-refractivity contribution is 6.04. The van der Waals surface area contributed by atoms with Gasteiger partial charge in [-0.15, -0.1) is 0 Å². The molecule has 0 aromatic carbocycles. The number of anilines is 1. The van der Waals surface area contributed by atoms with Crippen molar-refractivity contribution >= 4 is 22.7 Å². The highest BCUT2D eigenvalue weighted by atomic mass is 16.5. The van der Waals surface area contributed by atoms with Crippen molar-refractivity contribution in [3.8, 4) is 0 Å². The van der Waals surface area contributed by atoms with Crippen LogP contribution in [0.4, 0.5) is 5.69 Å². The first-order chi connectivity index (χ1) is 12.8. The van der Waals surface area contributed by atoms with Crippen LogP contribution in [0, 0.1) is 11.3 Å². The van der Waals surface area contributed by atoms with Crippen LogP contribution in [0.2, 0.25) is 0 Å². The number of fused-ring (bicyclic) bond motifs is 2. The number of hydrogen-bond acceptors (Lipinski definition) is 5. The van der Waals surface area contributed by atoms with Crippen LogP contribution in [-0.2, 0) is 22.3 Å². The summed E-state index contributed by atoms with van der Waals surface area (Å²) in [5.41, 5.74) is 5.55. The second-order valence-corrected chi connectivity index (χ2v) is 8.31. The van der Waals surface area contributed by atoms with Crippen molar-refractivity contribution in [2.24, 2.45) is 11.3 Å². The number of aryl methyl sites for hydroxylation is 1. The number of carbonyl (C=O) groups is 1. The van der Waals surface area contributed by atoms with Gasteiger partial charge in [-0.25, -0.2) is 9.78 Å². The van der Waals surface area contributed by atoms with Gasteiger partial charge < -0.3 is 19.8 Å². The maximum Gasteiger partial charge on any atom is 0.357 e. The van der Waals surface area contributed by atoms with Crippen LogP contribution >= 0.6 is 0 Å². The standard InChI is InChI=1S/C21H31N3O3/c1-6-27-20(25)19-18(22-9-10-26-5)17-16(24-19)12-13-11-14(21(2,3)4)7-8-15(13)23-17/h12,14,22,24H,6-11H2,1-5H3. The van der Waals surface area contributed by atoms with Gasteiger partial charge in [-0.1, -0.05) is 20.8 Å². The first-order valence-electron chi connectivity index (χ1n) is 9.79. The minimum Gasteiger partial charge on any atom is -0.461 e. The highest BCUT2D eigenvalue weighted by Crippen LogP contribution is 2.38. The molecule has 0 amide bonds. The first kappa shape index (κ1) is 19.7. The largest absolute Gasteiger partial charge is 0.461 e. The molecule has 3 rings (SSSR count). The van der Waals surface area contributed by atoms with E-state index >= 15 is 0 Å². The van der Waals surface area contributed by atoms with E-state index in [9.17, 15) is 4.79 Å². The Bertz CT molecular complexity index is 820. The van der Waals surface area contributed by atoms with Crippen LogP contribution in [0.1, 0.15) is 55.9 Å². The van der Waals surface area contributed by atoms with Gasteiger partial charge in [-0.2, -0.15) is 0 Å². The van der Waals surface area contributed by atoms with Crippen molar-refractivity contribution in [3.63, 3.8) is 0 Å². The molecule has 2 aromatic heterocycles. The molecule has 0 aliphatic heterocycles. The number of aromatic nitrogens is 2. The van der Waals surface area contributed by atoms with E-state index < -0.39 is 0 Å². The van der Waals surface area contributed by atoms with Crippen LogP contribution < -0.4 is 5.32 Å². The van der Waals surface area contributed by atoms with Gasteiger partial charge in [0.15, 0.2) is 5.69 Å². The molecule has 6 nitrogen and oxygen atoms in total. The smallest absolute Gasteiger partial charge is 0.357 e. The number of aromatic amines is 1. The molecular weight excluding hydrogens is 342 g/mol. The van der Waals surface area contributed by atoms with E-state index in [1.807, 2.05) is 6.92 Å². The SMILES string of the molecule is CCOC(=O)c1[nH]c2cc3c(nc2c1NCCOC)CCC(C(C)(C)C)C3. The fourth-order valence-corrected chi connectivity index (χ4v) is 3.81.